The summed E-state index contributed by atoms with van der Waals surface area (Å²) < 4.78 is 29.6. The van der Waals surface area contributed by atoms with E-state index in [2.05, 4.69) is 4.98 Å². The van der Waals surface area contributed by atoms with Crippen LogP contribution >= 0.6 is 0 Å². The van der Waals surface area contributed by atoms with Crippen LogP contribution in [0.1, 0.15) is 37.7 Å². The second-order valence-corrected chi connectivity index (χ2v) is 9.33. The van der Waals surface area contributed by atoms with E-state index in [9.17, 15) is 13.5 Å². The highest BCUT2D eigenvalue weighted by molar-refractivity contribution is 7.89. The first kappa shape index (κ1) is 17.7. The molecule has 0 bridgehead atoms. The molecule has 2 heterocycles. The van der Waals surface area contributed by atoms with E-state index in [1.807, 2.05) is 30.3 Å². The molecule has 1 aliphatic carbocycles. The van der Waals surface area contributed by atoms with Crippen LogP contribution in [0.25, 0.3) is 0 Å². The van der Waals surface area contributed by atoms with E-state index in [0.717, 1.165) is 31.2 Å². The van der Waals surface area contributed by atoms with Crippen molar-refractivity contribution in [3.63, 3.8) is 0 Å². The number of piperidine rings is 1. The number of aromatic nitrogens is 2. The molecule has 3 atom stereocenters. The molecule has 1 aromatic carbocycles. The molecule has 1 saturated carbocycles. The third-order valence-electron chi connectivity index (χ3n) is 5.95. The predicted molar refractivity (Wildman–Crippen MR) is 97.8 cm³/mol. The van der Waals surface area contributed by atoms with E-state index in [1.165, 1.54) is 6.33 Å². The Labute approximate surface area is 154 Å². The maximum Gasteiger partial charge on any atom is 0.262 e. The van der Waals surface area contributed by atoms with E-state index in [-0.39, 0.29) is 17.0 Å². The summed E-state index contributed by atoms with van der Waals surface area (Å²) in [5.41, 5.74) is -0.0746. The van der Waals surface area contributed by atoms with Gasteiger partial charge in [-0.2, -0.15) is 4.31 Å². The zero-order chi connectivity index (χ0) is 18.4. The Morgan fingerprint density at radius 3 is 2.62 bits per heavy atom. The van der Waals surface area contributed by atoms with E-state index < -0.39 is 15.6 Å². The van der Waals surface area contributed by atoms with Gasteiger partial charge in [0.2, 0.25) is 0 Å². The van der Waals surface area contributed by atoms with Gasteiger partial charge in [-0.05, 0) is 24.8 Å². The highest BCUT2D eigenvalue weighted by Gasteiger charge is 2.52. The Morgan fingerprint density at radius 2 is 1.92 bits per heavy atom. The van der Waals surface area contributed by atoms with E-state index in [0.29, 0.717) is 13.0 Å². The van der Waals surface area contributed by atoms with Crippen molar-refractivity contribution in [3.8, 4) is 0 Å². The SMILES string of the molecule is Cn1cnc(S(=O)(=O)N2CC[C@@](O)(c3ccccc3)[C@H]3CCCC[C@@H]32)c1. The van der Waals surface area contributed by atoms with Gasteiger partial charge in [0.05, 0.1) is 11.9 Å². The molecule has 0 amide bonds. The minimum Gasteiger partial charge on any atom is -0.385 e. The molecule has 4 rings (SSSR count). The van der Waals surface area contributed by atoms with Crippen molar-refractivity contribution in [1.82, 2.24) is 13.9 Å². The van der Waals surface area contributed by atoms with Crippen LogP contribution in [0.4, 0.5) is 0 Å². The van der Waals surface area contributed by atoms with Crippen LogP contribution in [0, 0.1) is 5.92 Å². The molecular formula is C19H25N3O3S. The van der Waals surface area contributed by atoms with Gasteiger partial charge < -0.3 is 9.67 Å². The lowest BCUT2D eigenvalue weighted by molar-refractivity contribution is -0.100. The monoisotopic (exact) mass is 375 g/mol. The second-order valence-electron chi connectivity index (χ2n) is 7.49. The maximum atomic E-state index is 13.2. The number of aryl methyl sites for hydroxylation is 1. The highest BCUT2D eigenvalue weighted by Crippen LogP contribution is 2.48. The molecule has 1 aromatic heterocycles. The molecule has 2 aromatic rings. The Kier molecular flexibility index (Phi) is 4.41. The molecular weight excluding hydrogens is 350 g/mol. The first-order valence-electron chi connectivity index (χ1n) is 9.20. The Bertz CT molecular complexity index is 880. The highest BCUT2D eigenvalue weighted by atomic mass is 32.2. The van der Waals surface area contributed by atoms with Gasteiger partial charge in [-0.15, -0.1) is 0 Å². The van der Waals surface area contributed by atoms with Gasteiger partial charge in [0, 0.05) is 31.7 Å². The summed E-state index contributed by atoms with van der Waals surface area (Å²) in [6, 6.07) is 9.52. The zero-order valence-corrected chi connectivity index (χ0v) is 15.8. The number of sulfonamides is 1. The molecule has 0 unspecified atom stereocenters. The van der Waals surface area contributed by atoms with Gasteiger partial charge >= 0.3 is 0 Å². The standard InChI is InChI=1S/C19H25N3O3S/c1-21-13-18(20-14-21)26(24,25)22-12-11-19(23,15-7-3-2-4-8-15)16-9-5-6-10-17(16)22/h2-4,7-8,13-14,16-17,23H,5-6,9-12H2,1H3/t16-,17-,19+/m0/s1. The molecule has 0 spiro atoms. The Morgan fingerprint density at radius 1 is 1.19 bits per heavy atom. The largest absolute Gasteiger partial charge is 0.385 e. The molecule has 1 N–H and O–H groups in total. The van der Waals surface area contributed by atoms with Crippen molar-refractivity contribution in [2.24, 2.45) is 13.0 Å². The number of fused-ring (bicyclic) bond motifs is 1. The number of rotatable bonds is 3. The predicted octanol–water partition coefficient (Wildman–Crippen LogP) is 2.26. The summed E-state index contributed by atoms with van der Waals surface area (Å²) in [5, 5.41) is 11.6. The lowest BCUT2D eigenvalue weighted by atomic mass is 9.67. The Balaban J connectivity index is 1.71. The number of hydrogen-bond donors (Lipinski definition) is 1. The molecule has 26 heavy (non-hydrogen) atoms. The van der Waals surface area contributed by atoms with Crippen molar-refractivity contribution < 1.29 is 13.5 Å². The first-order valence-corrected chi connectivity index (χ1v) is 10.6. The third-order valence-corrected chi connectivity index (χ3v) is 7.76. The number of aliphatic hydroxyl groups is 1. The smallest absolute Gasteiger partial charge is 0.262 e. The molecule has 140 valence electrons. The number of hydrogen-bond acceptors (Lipinski definition) is 4. The summed E-state index contributed by atoms with van der Waals surface area (Å²) in [5.74, 6) is -0.0918. The van der Waals surface area contributed by atoms with Gasteiger partial charge in [0.15, 0.2) is 5.03 Å². The summed E-state index contributed by atoms with van der Waals surface area (Å²) in [7, 11) is -1.89. The minimum atomic E-state index is -3.65. The van der Waals surface area contributed by atoms with Gasteiger partial charge in [-0.1, -0.05) is 43.2 Å². The number of imidazole rings is 1. The van der Waals surface area contributed by atoms with Gasteiger partial charge in [-0.3, -0.25) is 0 Å². The molecule has 2 aliphatic rings. The van der Waals surface area contributed by atoms with E-state index >= 15 is 0 Å². The topological polar surface area (TPSA) is 75.4 Å². The van der Waals surface area contributed by atoms with Crippen molar-refractivity contribution in [3.05, 3.63) is 48.4 Å². The summed E-state index contributed by atoms with van der Waals surface area (Å²) in [6.45, 7) is 0.311. The van der Waals surface area contributed by atoms with Gasteiger partial charge in [0.1, 0.15) is 0 Å². The van der Waals surface area contributed by atoms with Crippen LogP contribution in [-0.2, 0) is 22.7 Å². The number of benzene rings is 1. The van der Waals surface area contributed by atoms with E-state index in [1.54, 1.807) is 22.1 Å². The van der Waals surface area contributed by atoms with Gasteiger partial charge in [0.25, 0.3) is 10.0 Å². The lowest BCUT2D eigenvalue weighted by Gasteiger charge is -2.51. The molecule has 7 heteroatoms. The van der Waals surface area contributed by atoms with Crippen molar-refractivity contribution in [2.45, 2.75) is 48.8 Å². The second kappa shape index (κ2) is 6.48. The average Bonchev–Trinajstić information content (AvgIpc) is 3.10. The molecule has 6 nitrogen and oxygen atoms in total. The Hall–Kier alpha value is -1.70. The summed E-state index contributed by atoms with van der Waals surface area (Å²) >= 11 is 0. The molecule has 1 saturated heterocycles. The van der Waals surface area contributed by atoms with Crippen molar-refractivity contribution in [1.29, 1.82) is 0 Å². The maximum absolute atomic E-state index is 13.2. The first-order chi connectivity index (χ1) is 12.4. The van der Waals surface area contributed by atoms with Crippen molar-refractivity contribution >= 4 is 10.0 Å². The normalized spacial score (nSPS) is 30.1. The third kappa shape index (κ3) is 2.78. The average molecular weight is 375 g/mol. The van der Waals surface area contributed by atoms with Crippen LogP contribution in [0.15, 0.2) is 47.9 Å². The molecule has 0 radical (unpaired) electrons. The molecule has 1 aliphatic heterocycles. The fourth-order valence-corrected chi connectivity index (χ4v) is 6.33. The summed E-state index contributed by atoms with van der Waals surface area (Å²) in [6.07, 6.45) is 7.09. The minimum absolute atomic E-state index is 0.0918. The van der Waals surface area contributed by atoms with Crippen LogP contribution in [-0.4, -0.2) is 40.0 Å². The fourth-order valence-electron chi connectivity index (χ4n) is 4.67. The van der Waals surface area contributed by atoms with Gasteiger partial charge in [-0.25, -0.2) is 13.4 Å². The lowest BCUT2D eigenvalue weighted by Crippen LogP contribution is -2.58. The molecule has 2 fully saturated rings. The van der Waals surface area contributed by atoms with Crippen LogP contribution in [0.5, 0.6) is 0 Å². The van der Waals surface area contributed by atoms with Crippen LogP contribution in [0.3, 0.4) is 0 Å². The van der Waals surface area contributed by atoms with Crippen molar-refractivity contribution in [2.75, 3.05) is 6.54 Å². The van der Waals surface area contributed by atoms with Crippen LogP contribution in [0.2, 0.25) is 0 Å². The van der Waals surface area contributed by atoms with E-state index in [4.69, 9.17) is 0 Å². The number of nitrogens with zero attached hydrogens (tertiary/aromatic N) is 3. The fraction of sp³-hybridized carbons (Fsp3) is 0.526. The summed E-state index contributed by atoms with van der Waals surface area (Å²) in [4.78, 5) is 4.07. The zero-order valence-electron chi connectivity index (χ0n) is 15.0. The van der Waals surface area contributed by atoms with Crippen LogP contribution < -0.4 is 0 Å². The quantitative estimate of drug-likeness (QED) is 0.893.